The van der Waals surface area contributed by atoms with Crippen molar-refractivity contribution in [1.82, 2.24) is 15.2 Å². The number of H-pyrrole nitrogens is 2. The lowest BCUT2D eigenvalue weighted by Gasteiger charge is -2.32. The van der Waals surface area contributed by atoms with E-state index in [4.69, 9.17) is 9.47 Å². The van der Waals surface area contributed by atoms with E-state index in [1.54, 1.807) is 12.4 Å². The van der Waals surface area contributed by atoms with Gasteiger partial charge in [0.15, 0.2) is 0 Å². The number of aromatic amines is 2. The Morgan fingerprint density at radius 3 is 2.74 bits per heavy atom. The van der Waals surface area contributed by atoms with E-state index in [0.717, 1.165) is 35.4 Å². The molecule has 2 aromatic heterocycles. The van der Waals surface area contributed by atoms with E-state index in [0.29, 0.717) is 12.0 Å². The van der Waals surface area contributed by atoms with Crippen LogP contribution < -0.4 is 10.3 Å². The van der Waals surface area contributed by atoms with Gasteiger partial charge >= 0.3 is 5.97 Å². The van der Waals surface area contributed by atoms with Crippen molar-refractivity contribution >= 4 is 5.97 Å². The highest BCUT2D eigenvalue weighted by Crippen LogP contribution is 2.34. The first-order chi connectivity index (χ1) is 14.9. The lowest BCUT2D eigenvalue weighted by Crippen LogP contribution is -2.32. The predicted octanol–water partition coefficient (Wildman–Crippen LogP) is 3.49. The second-order valence-corrected chi connectivity index (χ2v) is 8.57. The minimum atomic E-state index is -0.429. The van der Waals surface area contributed by atoms with Crippen LogP contribution in [0, 0.1) is 0 Å². The van der Waals surface area contributed by atoms with Crippen molar-refractivity contribution in [3.8, 4) is 5.75 Å². The number of nitrogens with one attached hydrogen (secondary N) is 2. The van der Waals surface area contributed by atoms with Crippen LogP contribution in [-0.4, -0.2) is 33.9 Å². The molecule has 7 nitrogen and oxygen atoms in total. The number of carbonyl (C=O) groups excluding carboxylic acids is 1. The number of rotatable bonds is 6. The second-order valence-electron chi connectivity index (χ2n) is 8.57. The van der Waals surface area contributed by atoms with Gasteiger partial charge in [-0.05, 0) is 61.6 Å². The first-order valence-corrected chi connectivity index (χ1v) is 10.4. The van der Waals surface area contributed by atoms with Gasteiger partial charge in [0, 0.05) is 36.0 Å². The SMILES string of the molecule is COC(=O)C[C@H](c1ccncc1)c1c(Cc2ccc3c(c2)CCC(C)(C)O3)[nH][nH]c1=O. The van der Waals surface area contributed by atoms with Crippen LogP contribution in [0.25, 0.3) is 0 Å². The molecule has 3 aromatic rings. The largest absolute Gasteiger partial charge is 0.488 e. The van der Waals surface area contributed by atoms with Crippen molar-refractivity contribution in [2.45, 2.75) is 51.0 Å². The highest BCUT2D eigenvalue weighted by molar-refractivity contribution is 5.71. The van der Waals surface area contributed by atoms with Crippen LogP contribution in [0.1, 0.15) is 60.6 Å². The number of hydrogen-bond donors (Lipinski definition) is 2. The number of esters is 1. The first-order valence-electron chi connectivity index (χ1n) is 10.4. The van der Waals surface area contributed by atoms with Crippen LogP contribution in [0.15, 0.2) is 47.5 Å². The van der Waals surface area contributed by atoms with Crippen LogP contribution in [0.5, 0.6) is 5.75 Å². The summed E-state index contributed by atoms with van der Waals surface area (Å²) in [7, 11) is 1.35. The molecule has 0 saturated heterocycles. The van der Waals surface area contributed by atoms with Crippen molar-refractivity contribution in [1.29, 1.82) is 0 Å². The van der Waals surface area contributed by atoms with E-state index in [-0.39, 0.29) is 23.6 Å². The maximum Gasteiger partial charge on any atom is 0.306 e. The number of benzene rings is 1. The number of aryl methyl sites for hydroxylation is 1. The van der Waals surface area contributed by atoms with Gasteiger partial charge in [0.05, 0.1) is 13.5 Å². The first kappa shape index (κ1) is 20.9. The molecule has 3 heterocycles. The number of nitrogens with zero attached hydrogens (tertiary/aromatic N) is 1. The molecule has 0 amide bonds. The molecule has 2 N–H and O–H groups in total. The number of carbonyl (C=O) groups is 1. The monoisotopic (exact) mass is 421 g/mol. The molecule has 1 atom stereocenters. The van der Waals surface area contributed by atoms with Crippen LogP contribution >= 0.6 is 0 Å². The summed E-state index contributed by atoms with van der Waals surface area (Å²) in [4.78, 5) is 28.9. The van der Waals surface area contributed by atoms with Crippen molar-refractivity contribution in [2.24, 2.45) is 0 Å². The molecular formula is C24H27N3O4. The zero-order chi connectivity index (χ0) is 22.0. The highest BCUT2D eigenvalue weighted by Gasteiger charge is 2.28. The molecule has 162 valence electrons. The maximum absolute atomic E-state index is 12.7. The lowest BCUT2D eigenvalue weighted by molar-refractivity contribution is -0.140. The fraction of sp³-hybridized carbons (Fsp3) is 0.375. The molecule has 0 aliphatic carbocycles. The highest BCUT2D eigenvalue weighted by atomic mass is 16.5. The van der Waals surface area contributed by atoms with Crippen LogP contribution in [0.3, 0.4) is 0 Å². The summed E-state index contributed by atoms with van der Waals surface area (Å²) in [6, 6.07) is 9.81. The molecule has 4 rings (SSSR count). The standard InChI is InChI=1S/C24H27N3O4/c1-24(2)9-6-17-12-15(4-5-20(17)31-24)13-19-22(23(29)27-26-19)18(14-21(28)30-3)16-7-10-25-11-8-16/h4-5,7-8,10-12,18H,6,9,13-14H2,1-3H3,(H2,26,27,29)/t18-/m1/s1. The van der Waals surface area contributed by atoms with Crippen molar-refractivity contribution in [3.05, 3.63) is 81.0 Å². The van der Waals surface area contributed by atoms with E-state index >= 15 is 0 Å². The van der Waals surface area contributed by atoms with Gasteiger partial charge in [-0.15, -0.1) is 0 Å². The molecule has 0 saturated carbocycles. The summed E-state index contributed by atoms with van der Waals surface area (Å²) in [5.41, 5.74) is 4.01. The molecular weight excluding hydrogens is 394 g/mol. The van der Waals surface area contributed by atoms with Crippen molar-refractivity contribution < 1.29 is 14.3 Å². The summed E-state index contributed by atoms with van der Waals surface area (Å²) >= 11 is 0. The van der Waals surface area contributed by atoms with Crippen LogP contribution in [-0.2, 0) is 22.4 Å². The number of ether oxygens (including phenoxy) is 2. The molecule has 1 aromatic carbocycles. The zero-order valence-corrected chi connectivity index (χ0v) is 18.0. The number of aromatic nitrogens is 3. The summed E-state index contributed by atoms with van der Waals surface area (Å²) in [5.74, 6) is 0.118. The minimum absolute atomic E-state index is 0.0710. The van der Waals surface area contributed by atoms with Gasteiger partial charge in [0.25, 0.3) is 5.56 Å². The Labute approximate surface area is 180 Å². The van der Waals surface area contributed by atoms with E-state index in [1.807, 2.05) is 24.3 Å². The zero-order valence-electron chi connectivity index (χ0n) is 18.0. The summed E-state index contributed by atoms with van der Waals surface area (Å²) < 4.78 is 11.0. The van der Waals surface area contributed by atoms with Gasteiger partial charge in [0.2, 0.25) is 0 Å². The average Bonchev–Trinajstić information content (AvgIpc) is 3.11. The Morgan fingerprint density at radius 1 is 1.23 bits per heavy atom. The molecule has 0 bridgehead atoms. The minimum Gasteiger partial charge on any atom is -0.488 e. The number of hydrogen-bond acceptors (Lipinski definition) is 5. The Hall–Kier alpha value is -3.35. The average molecular weight is 421 g/mol. The number of methoxy groups -OCH3 is 1. The lowest BCUT2D eigenvalue weighted by atomic mass is 9.87. The molecule has 7 heteroatoms. The fourth-order valence-electron chi connectivity index (χ4n) is 4.17. The maximum atomic E-state index is 12.7. The van der Waals surface area contributed by atoms with E-state index in [1.165, 1.54) is 12.7 Å². The van der Waals surface area contributed by atoms with Gasteiger partial charge in [0.1, 0.15) is 11.4 Å². The Kier molecular flexibility index (Phi) is 5.67. The van der Waals surface area contributed by atoms with Gasteiger partial charge in [-0.1, -0.05) is 12.1 Å². The van der Waals surface area contributed by atoms with E-state index in [2.05, 4.69) is 35.1 Å². The number of pyridine rings is 1. The quantitative estimate of drug-likeness (QED) is 0.594. The third kappa shape index (κ3) is 4.55. The third-order valence-electron chi connectivity index (χ3n) is 5.84. The molecule has 0 unspecified atom stereocenters. The number of fused-ring (bicyclic) bond motifs is 1. The van der Waals surface area contributed by atoms with Crippen molar-refractivity contribution in [3.63, 3.8) is 0 Å². The second kappa shape index (κ2) is 8.41. The van der Waals surface area contributed by atoms with Crippen LogP contribution in [0.4, 0.5) is 0 Å². The van der Waals surface area contributed by atoms with Crippen molar-refractivity contribution in [2.75, 3.05) is 7.11 Å². The fourth-order valence-corrected chi connectivity index (χ4v) is 4.17. The molecule has 1 aliphatic rings. The topological polar surface area (TPSA) is 97.1 Å². The van der Waals surface area contributed by atoms with Gasteiger partial charge < -0.3 is 14.6 Å². The van der Waals surface area contributed by atoms with Crippen LogP contribution in [0.2, 0.25) is 0 Å². The molecule has 31 heavy (non-hydrogen) atoms. The van der Waals surface area contributed by atoms with Gasteiger partial charge in [-0.2, -0.15) is 0 Å². The van der Waals surface area contributed by atoms with Gasteiger partial charge in [-0.3, -0.25) is 19.7 Å². The Balaban J connectivity index is 1.67. The summed E-state index contributed by atoms with van der Waals surface area (Å²) in [5, 5.41) is 5.72. The molecule has 0 radical (unpaired) electrons. The van der Waals surface area contributed by atoms with E-state index in [9.17, 15) is 9.59 Å². The smallest absolute Gasteiger partial charge is 0.306 e. The summed E-state index contributed by atoms with van der Waals surface area (Å²) in [6.07, 6.45) is 5.83. The molecule has 1 aliphatic heterocycles. The predicted molar refractivity (Wildman–Crippen MR) is 116 cm³/mol. The molecule has 0 spiro atoms. The summed E-state index contributed by atoms with van der Waals surface area (Å²) in [6.45, 7) is 4.20. The van der Waals surface area contributed by atoms with Gasteiger partial charge in [-0.25, -0.2) is 0 Å². The third-order valence-corrected chi connectivity index (χ3v) is 5.84. The normalized spacial score (nSPS) is 15.6. The van der Waals surface area contributed by atoms with E-state index < -0.39 is 5.92 Å². The Bertz CT molecular complexity index is 1130. The Morgan fingerprint density at radius 2 is 2.00 bits per heavy atom. The molecule has 0 fully saturated rings.